The van der Waals surface area contributed by atoms with Gasteiger partial charge in [-0.1, -0.05) is 13.8 Å². The molecule has 0 radical (unpaired) electrons. The first-order valence-electron chi connectivity index (χ1n) is 7.05. The first kappa shape index (κ1) is 13.3. The number of piperidine rings is 1. The Balaban J connectivity index is 2.21. The second-order valence-corrected chi connectivity index (χ2v) is 6.57. The normalized spacial score (nSPS) is 42.4. The molecule has 1 aliphatic carbocycles. The Labute approximate surface area is 105 Å². The Kier molecular flexibility index (Phi) is 3.81. The molecular weight excluding hydrogens is 214 g/mol. The summed E-state index contributed by atoms with van der Waals surface area (Å²) < 4.78 is 0. The maximum atomic E-state index is 11.1. The number of hydrogen-bond acceptors (Lipinski definition) is 3. The van der Waals surface area contributed by atoms with Crippen LogP contribution in [0.3, 0.4) is 0 Å². The minimum atomic E-state index is -0.652. The van der Waals surface area contributed by atoms with Crippen molar-refractivity contribution < 1.29 is 10.2 Å². The monoisotopic (exact) mass is 241 g/mol. The third-order valence-corrected chi connectivity index (χ3v) is 5.03. The summed E-state index contributed by atoms with van der Waals surface area (Å²) in [4.78, 5) is 0. The highest BCUT2D eigenvalue weighted by Crippen LogP contribution is 2.50. The Morgan fingerprint density at radius 2 is 1.65 bits per heavy atom. The molecule has 1 saturated heterocycles. The van der Waals surface area contributed by atoms with Crippen molar-refractivity contribution in [2.24, 2.45) is 17.3 Å². The smallest absolute Gasteiger partial charge is 0.0731 e. The molecule has 2 atom stereocenters. The molecular formula is C14H27NO2. The van der Waals surface area contributed by atoms with Gasteiger partial charge in [-0.15, -0.1) is 0 Å². The fourth-order valence-electron chi connectivity index (χ4n) is 4.20. The van der Waals surface area contributed by atoms with Crippen LogP contribution in [-0.2, 0) is 0 Å². The van der Waals surface area contributed by atoms with Crippen LogP contribution in [0, 0.1) is 17.3 Å². The Bertz CT molecular complexity index is 251. The van der Waals surface area contributed by atoms with Crippen LogP contribution in [0.2, 0.25) is 0 Å². The van der Waals surface area contributed by atoms with Crippen molar-refractivity contribution in [1.29, 1.82) is 0 Å². The zero-order valence-corrected chi connectivity index (χ0v) is 11.2. The molecule has 2 aliphatic rings. The van der Waals surface area contributed by atoms with E-state index in [2.05, 4.69) is 19.2 Å². The number of aliphatic hydroxyl groups is 2. The first-order valence-corrected chi connectivity index (χ1v) is 7.05. The lowest BCUT2D eigenvalue weighted by Crippen LogP contribution is -2.58. The molecule has 0 aromatic carbocycles. The summed E-state index contributed by atoms with van der Waals surface area (Å²) in [6.07, 6.45) is 4.73. The first-order chi connectivity index (χ1) is 8.01. The van der Waals surface area contributed by atoms with E-state index in [1.165, 1.54) is 6.42 Å². The van der Waals surface area contributed by atoms with E-state index >= 15 is 0 Å². The highest BCUT2D eigenvalue weighted by molar-refractivity contribution is 5.04. The van der Waals surface area contributed by atoms with Gasteiger partial charge in [0.25, 0.3) is 0 Å². The number of nitrogens with one attached hydrogen (secondary N) is 1. The highest BCUT2D eigenvalue weighted by Gasteiger charge is 2.52. The number of hydrogen-bond donors (Lipinski definition) is 3. The van der Waals surface area contributed by atoms with Crippen molar-refractivity contribution in [3.63, 3.8) is 0 Å². The van der Waals surface area contributed by atoms with Crippen molar-refractivity contribution in [3.05, 3.63) is 0 Å². The van der Waals surface area contributed by atoms with E-state index in [0.717, 1.165) is 38.8 Å². The van der Waals surface area contributed by atoms with E-state index in [9.17, 15) is 10.2 Å². The molecule has 0 spiro atoms. The summed E-state index contributed by atoms with van der Waals surface area (Å²) in [6.45, 7) is 6.43. The Morgan fingerprint density at radius 3 is 2.12 bits per heavy atom. The third kappa shape index (κ3) is 2.38. The molecule has 0 aromatic heterocycles. The summed E-state index contributed by atoms with van der Waals surface area (Å²) in [5.74, 6) is 1.14. The van der Waals surface area contributed by atoms with Gasteiger partial charge in [0.05, 0.1) is 12.2 Å². The van der Waals surface area contributed by atoms with Crippen LogP contribution in [0.4, 0.5) is 0 Å². The predicted octanol–water partition coefficient (Wildman–Crippen LogP) is 1.54. The van der Waals surface area contributed by atoms with Gasteiger partial charge in [-0.2, -0.15) is 0 Å². The molecule has 3 N–H and O–H groups in total. The number of rotatable bonds is 2. The fourth-order valence-corrected chi connectivity index (χ4v) is 4.20. The Hall–Kier alpha value is -0.120. The van der Waals surface area contributed by atoms with E-state index in [0.29, 0.717) is 11.8 Å². The van der Waals surface area contributed by atoms with Crippen LogP contribution in [0.25, 0.3) is 0 Å². The van der Waals surface area contributed by atoms with Gasteiger partial charge in [0.15, 0.2) is 0 Å². The summed E-state index contributed by atoms with van der Waals surface area (Å²) in [7, 11) is 0. The summed E-state index contributed by atoms with van der Waals surface area (Å²) in [5.41, 5.74) is -0.915. The van der Waals surface area contributed by atoms with Gasteiger partial charge in [-0.25, -0.2) is 0 Å². The van der Waals surface area contributed by atoms with Crippen LogP contribution in [-0.4, -0.2) is 35.5 Å². The van der Waals surface area contributed by atoms with E-state index in [1.54, 1.807) is 0 Å². The SMILES string of the molecule is CC1CC(C)CC(O)(C2(CO)CCNCC2)C1. The molecule has 3 nitrogen and oxygen atoms in total. The summed E-state index contributed by atoms with van der Waals surface area (Å²) >= 11 is 0. The third-order valence-electron chi connectivity index (χ3n) is 5.03. The zero-order valence-electron chi connectivity index (χ0n) is 11.2. The fraction of sp³-hybridized carbons (Fsp3) is 1.00. The Morgan fingerprint density at radius 1 is 1.12 bits per heavy atom. The quantitative estimate of drug-likeness (QED) is 0.687. The molecule has 3 heteroatoms. The van der Waals surface area contributed by atoms with Crippen molar-refractivity contribution in [3.8, 4) is 0 Å². The second-order valence-electron chi connectivity index (χ2n) is 6.57. The average molecular weight is 241 g/mol. The van der Waals surface area contributed by atoms with Crippen molar-refractivity contribution in [1.82, 2.24) is 5.32 Å². The van der Waals surface area contributed by atoms with Crippen LogP contribution >= 0.6 is 0 Å². The predicted molar refractivity (Wildman–Crippen MR) is 68.8 cm³/mol. The van der Waals surface area contributed by atoms with Crippen molar-refractivity contribution >= 4 is 0 Å². The standard InChI is InChI=1S/C14H27NO2/c1-11-7-12(2)9-14(17,8-11)13(10-16)3-5-15-6-4-13/h11-12,15-17H,3-10H2,1-2H3. The molecule has 1 heterocycles. The van der Waals surface area contributed by atoms with E-state index in [1.807, 2.05) is 0 Å². The highest BCUT2D eigenvalue weighted by atomic mass is 16.3. The average Bonchev–Trinajstić information content (AvgIpc) is 2.28. The van der Waals surface area contributed by atoms with Crippen molar-refractivity contribution in [2.75, 3.05) is 19.7 Å². The number of aliphatic hydroxyl groups excluding tert-OH is 1. The molecule has 0 aromatic rings. The van der Waals surface area contributed by atoms with E-state index in [4.69, 9.17) is 0 Å². The van der Waals surface area contributed by atoms with Gasteiger partial charge in [0.2, 0.25) is 0 Å². The van der Waals surface area contributed by atoms with Gasteiger partial charge in [-0.05, 0) is 57.0 Å². The van der Waals surface area contributed by atoms with Crippen molar-refractivity contribution in [2.45, 2.75) is 51.6 Å². The molecule has 1 saturated carbocycles. The molecule has 0 bridgehead atoms. The van der Waals surface area contributed by atoms with E-state index < -0.39 is 5.60 Å². The molecule has 0 amide bonds. The lowest BCUT2D eigenvalue weighted by Gasteiger charge is -2.53. The molecule has 2 unspecified atom stereocenters. The summed E-state index contributed by atoms with van der Waals surface area (Å²) in [5, 5.41) is 24.3. The molecule has 17 heavy (non-hydrogen) atoms. The van der Waals surface area contributed by atoms with E-state index in [-0.39, 0.29) is 12.0 Å². The lowest BCUT2D eigenvalue weighted by molar-refractivity contribution is -0.160. The van der Waals surface area contributed by atoms with Gasteiger partial charge < -0.3 is 15.5 Å². The molecule has 2 rings (SSSR count). The lowest BCUT2D eigenvalue weighted by atomic mass is 9.58. The van der Waals surface area contributed by atoms with Crippen LogP contribution in [0.1, 0.15) is 46.0 Å². The van der Waals surface area contributed by atoms with Gasteiger partial charge >= 0.3 is 0 Å². The maximum absolute atomic E-state index is 11.1. The van der Waals surface area contributed by atoms with Crippen LogP contribution in [0.5, 0.6) is 0 Å². The van der Waals surface area contributed by atoms with Gasteiger partial charge in [0, 0.05) is 5.41 Å². The summed E-state index contributed by atoms with van der Waals surface area (Å²) in [6, 6.07) is 0. The largest absolute Gasteiger partial charge is 0.396 e. The van der Waals surface area contributed by atoms with Crippen LogP contribution in [0.15, 0.2) is 0 Å². The minimum absolute atomic E-state index is 0.130. The molecule has 1 aliphatic heterocycles. The van der Waals surface area contributed by atoms with Crippen LogP contribution < -0.4 is 5.32 Å². The molecule has 2 fully saturated rings. The van der Waals surface area contributed by atoms with Gasteiger partial charge in [-0.3, -0.25) is 0 Å². The second kappa shape index (κ2) is 4.87. The minimum Gasteiger partial charge on any atom is -0.396 e. The maximum Gasteiger partial charge on any atom is 0.0731 e. The molecule has 100 valence electrons. The topological polar surface area (TPSA) is 52.5 Å². The van der Waals surface area contributed by atoms with Gasteiger partial charge in [0.1, 0.15) is 0 Å². The zero-order chi connectivity index (χ0) is 12.5.